The molecule has 2 aromatic rings. The third kappa shape index (κ3) is 5.41. The van der Waals surface area contributed by atoms with Gasteiger partial charge in [0.25, 0.3) is 11.8 Å². The van der Waals surface area contributed by atoms with Gasteiger partial charge < -0.3 is 10.1 Å². The van der Waals surface area contributed by atoms with Gasteiger partial charge in [-0.3, -0.25) is 24.7 Å². The number of hydrogen-bond acceptors (Lipinski definition) is 6. The summed E-state index contributed by atoms with van der Waals surface area (Å²) in [6, 6.07) is 7.17. The summed E-state index contributed by atoms with van der Waals surface area (Å²) in [6.07, 6.45) is -3.95. The van der Waals surface area contributed by atoms with Crippen molar-refractivity contribution in [3.05, 3.63) is 74.8 Å². The molecular weight excluding hydrogens is 538 g/mol. The lowest BCUT2D eigenvalue weighted by Gasteiger charge is -2.28. The predicted octanol–water partition coefficient (Wildman–Crippen LogP) is 4.15. The van der Waals surface area contributed by atoms with Gasteiger partial charge in [-0.25, -0.2) is 5.06 Å². The molecule has 0 aliphatic carbocycles. The number of nitrogens with zero attached hydrogens (tertiary/aromatic N) is 1. The summed E-state index contributed by atoms with van der Waals surface area (Å²) in [5, 5.41) is 3.80. The summed E-state index contributed by atoms with van der Waals surface area (Å²) >= 11 is 11.9. The lowest BCUT2D eigenvalue weighted by molar-refractivity contribution is -0.269. The maximum atomic E-state index is 14.2. The van der Waals surface area contributed by atoms with Crippen LogP contribution in [-0.4, -0.2) is 56.0 Å². The molecular formula is C24H22Cl2F3N3O5. The zero-order valence-corrected chi connectivity index (χ0v) is 21.1. The van der Waals surface area contributed by atoms with Crippen LogP contribution >= 0.6 is 23.2 Å². The summed E-state index contributed by atoms with van der Waals surface area (Å²) in [7, 11) is 1.49. The number of carbonyl (C=O) groups is 2. The van der Waals surface area contributed by atoms with E-state index < -0.39 is 29.6 Å². The molecule has 1 saturated heterocycles. The highest BCUT2D eigenvalue weighted by atomic mass is 35.5. The first-order valence-electron chi connectivity index (χ1n) is 11.0. The number of ether oxygens (including phenoxy) is 1. The van der Waals surface area contributed by atoms with Gasteiger partial charge in [0.1, 0.15) is 12.6 Å². The molecule has 4 rings (SSSR count). The van der Waals surface area contributed by atoms with Gasteiger partial charge in [0.05, 0.1) is 18.8 Å². The van der Waals surface area contributed by atoms with Crippen LogP contribution in [0.25, 0.3) is 5.70 Å². The molecule has 2 N–H and O–H groups in total. The predicted molar refractivity (Wildman–Crippen MR) is 128 cm³/mol. The fourth-order valence-electron chi connectivity index (χ4n) is 4.00. The van der Waals surface area contributed by atoms with Gasteiger partial charge in [0, 0.05) is 28.3 Å². The number of rotatable bonds is 7. The summed E-state index contributed by atoms with van der Waals surface area (Å²) in [6.45, 7) is 2.11. The van der Waals surface area contributed by atoms with E-state index in [9.17, 15) is 22.8 Å². The van der Waals surface area contributed by atoms with Crippen molar-refractivity contribution in [3.8, 4) is 0 Å². The summed E-state index contributed by atoms with van der Waals surface area (Å²) in [5.74, 6) is -0.927. The van der Waals surface area contributed by atoms with Crippen LogP contribution in [0.2, 0.25) is 10.0 Å². The smallest absolute Gasteiger partial charge is 0.383 e. The number of methoxy groups -OCH3 is 1. The number of aryl methyl sites for hydroxylation is 1. The first kappa shape index (κ1) is 27.2. The molecule has 198 valence electrons. The van der Waals surface area contributed by atoms with E-state index in [2.05, 4.69) is 10.8 Å². The molecule has 0 radical (unpaired) electrons. The van der Waals surface area contributed by atoms with Crippen molar-refractivity contribution in [2.45, 2.75) is 24.7 Å². The molecule has 0 bridgehead atoms. The van der Waals surface area contributed by atoms with Crippen LogP contribution in [0.5, 0.6) is 0 Å². The van der Waals surface area contributed by atoms with E-state index in [1.165, 1.54) is 31.4 Å². The van der Waals surface area contributed by atoms with Gasteiger partial charge in [-0.05, 0) is 54.5 Å². The Bertz CT molecular complexity index is 1240. The van der Waals surface area contributed by atoms with E-state index in [1.807, 2.05) is 0 Å². The molecule has 2 amide bonds. The van der Waals surface area contributed by atoms with Gasteiger partial charge in [-0.1, -0.05) is 29.3 Å². The summed E-state index contributed by atoms with van der Waals surface area (Å²) < 4.78 is 47.6. The molecule has 0 saturated carbocycles. The van der Waals surface area contributed by atoms with Crippen molar-refractivity contribution in [1.82, 2.24) is 15.9 Å². The highest BCUT2D eigenvalue weighted by Crippen LogP contribution is 2.48. The number of alkyl halides is 3. The molecule has 0 spiro atoms. The van der Waals surface area contributed by atoms with Crippen molar-refractivity contribution in [2.24, 2.45) is 0 Å². The highest BCUT2D eigenvalue weighted by molar-refractivity contribution is 6.34. The Hall–Kier alpha value is -2.83. The number of hydrogen-bond donors (Lipinski definition) is 2. The van der Waals surface area contributed by atoms with Gasteiger partial charge in [-0.2, -0.15) is 13.2 Å². The van der Waals surface area contributed by atoms with E-state index in [-0.39, 0.29) is 46.6 Å². The van der Waals surface area contributed by atoms with Crippen LogP contribution in [0.3, 0.4) is 0 Å². The van der Waals surface area contributed by atoms with Gasteiger partial charge in [-0.15, -0.1) is 0 Å². The third-order valence-electron chi connectivity index (χ3n) is 5.91. The van der Waals surface area contributed by atoms with Crippen molar-refractivity contribution in [3.63, 3.8) is 0 Å². The minimum absolute atomic E-state index is 0.0212. The van der Waals surface area contributed by atoms with E-state index in [1.54, 1.807) is 6.92 Å². The number of benzene rings is 2. The number of halogens is 5. The van der Waals surface area contributed by atoms with Crippen LogP contribution in [0, 0.1) is 6.92 Å². The molecule has 2 unspecified atom stereocenters. The molecule has 2 heterocycles. The van der Waals surface area contributed by atoms with Crippen molar-refractivity contribution in [1.29, 1.82) is 0 Å². The molecule has 8 nitrogen and oxygen atoms in total. The molecule has 37 heavy (non-hydrogen) atoms. The topological polar surface area (TPSA) is 89.1 Å². The molecule has 2 aromatic carbocycles. The Morgan fingerprint density at radius 3 is 2.57 bits per heavy atom. The molecule has 2 aliphatic heterocycles. The van der Waals surface area contributed by atoms with E-state index in [4.69, 9.17) is 37.6 Å². The van der Waals surface area contributed by atoms with Crippen molar-refractivity contribution >= 4 is 40.7 Å². The van der Waals surface area contributed by atoms with Crippen LogP contribution in [0.4, 0.5) is 13.2 Å². The SMILES string of the molecule is COCCN1OCC(NC(=O)c2ccc(C3=CC(c4cc(Cl)cc(Cl)c4)(C(F)(F)F)ON3)cc2C)C1=O. The zero-order chi connectivity index (χ0) is 27.0. The average molecular weight is 560 g/mol. The van der Waals surface area contributed by atoms with E-state index in [0.717, 1.165) is 23.3 Å². The Balaban J connectivity index is 1.56. The lowest BCUT2D eigenvalue weighted by atomic mass is 9.91. The first-order valence-corrected chi connectivity index (χ1v) is 11.8. The number of carbonyl (C=O) groups excluding carboxylic acids is 2. The van der Waals surface area contributed by atoms with Gasteiger partial charge in [0.15, 0.2) is 0 Å². The Kier molecular flexibility index (Phi) is 7.72. The highest BCUT2D eigenvalue weighted by Gasteiger charge is 2.59. The lowest BCUT2D eigenvalue weighted by Crippen LogP contribution is -2.43. The van der Waals surface area contributed by atoms with Crippen LogP contribution in [0.15, 0.2) is 42.5 Å². The molecule has 1 fully saturated rings. The zero-order valence-electron chi connectivity index (χ0n) is 19.6. The largest absolute Gasteiger partial charge is 0.428 e. The molecule has 2 aliphatic rings. The van der Waals surface area contributed by atoms with Crippen LogP contribution in [0.1, 0.15) is 27.0 Å². The second-order valence-corrected chi connectivity index (χ2v) is 9.31. The van der Waals surface area contributed by atoms with Crippen LogP contribution in [-0.2, 0) is 24.8 Å². The Labute approximate surface area is 220 Å². The van der Waals surface area contributed by atoms with Crippen molar-refractivity contribution in [2.75, 3.05) is 26.9 Å². The summed E-state index contributed by atoms with van der Waals surface area (Å²) in [4.78, 5) is 35.6. The van der Waals surface area contributed by atoms with E-state index in [0.29, 0.717) is 11.1 Å². The van der Waals surface area contributed by atoms with Gasteiger partial charge >= 0.3 is 6.18 Å². The standard InChI is InChI=1S/C24H22Cl2F3N3O5/c1-13-7-14(3-4-18(13)21(33)30-20-12-36-32(22(20)34)5-6-35-2)19-11-23(37-31-19,24(27,28)29)15-8-16(25)10-17(26)9-15/h3-4,7-11,20,31H,5-6,12H2,1-2H3,(H,30,33). The van der Waals surface area contributed by atoms with Crippen LogP contribution < -0.4 is 10.8 Å². The summed E-state index contributed by atoms with van der Waals surface area (Å²) in [5.41, 5.74) is 0.315. The maximum Gasteiger partial charge on any atom is 0.428 e. The third-order valence-corrected chi connectivity index (χ3v) is 6.35. The fourth-order valence-corrected chi connectivity index (χ4v) is 4.53. The quantitative estimate of drug-likeness (QED) is 0.529. The number of amides is 2. The second kappa shape index (κ2) is 10.5. The minimum Gasteiger partial charge on any atom is -0.383 e. The average Bonchev–Trinajstić information content (AvgIpc) is 3.42. The minimum atomic E-state index is -4.85. The van der Waals surface area contributed by atoms with Gasteiger partial charge in [0.2, 0.25) is 5.60 Å². The molecule has 13 heteroatoms. The maximum absolute atomic E-state index is 14.2. The molecule has 2 atom stereocenters. The monoisotopic (exact) mass is 559 g/mol. The van der Waals surface area contributed by atoms with E-state index >= 15 is 0 Å². The molecule has 0 aromatic heterocycles. The normalized spacial score (nSPS) is 21.7. The second-order valence-electron chi connectivity index (χ2n) is 8.44. The Morgan fingerprint density at radius 2 is 1.95 bits per heavy atom. The Morgan fingerprint density at radius 1 is 1.24 bits per heavy atom. The number of nitrogens with one attached hydrogen (secondary N) is 2. The number of hydroxylamine groups is 3. The first-order chi connectivity index (χ1) is 17.4. The fraction of sp³-hybridized carbons (Fsp3) is 0.333. The van der Waals surface area contributed by atoms with Crippen molar-refractivity contribution < 1.29 is 37.2 Å².